The molecule has 1 aromatic heterocycles. The van der Waals surface area contributed by atoms with Crippen molar-refractivity contribution in [1.29, 1.82) is 0 Å². The number of nitrogens with one attached hydrogen (secondary N) is 1. The normalized spacial score (nSPS) is 11.9. The lowest BCUT2D eigenvalue weighted by Crippen LogP contribution is -2.21. The van der Waals surface area contributed by atoms with Crippen molar-refractivity contribution < 1.29 is 9.66 Å². The third-order valence-corrected chi connectivity index (χ3v) is 2.91. The summed E-state index contributed by atoms with van der Waals surface area (Å²) in [4.78, 5) is 14.5. The summed E-state index contributed by atoms with van der Waals surface area (Å²) in [6.07, 6.45) is 5.37. The Bertz CT molecular complexity index is 598. The van der Waals surface area contributed by atoms with Crippen LogP contribution in [0.1, 0.15) is 13.8 Å². The molecular formula is C14H18N4O3. The Morgan fingerprint density at radius 1 is 1.52 bits per heavy atom. The van der Waals surface area contributed by atoms with Crippen molar-refractivity contribution in [2.24, 2.45) is 0 Å². The van der Waals surface area contributed by atoms with Crippen molar-refractivity contribution >= 4 is 11.4 Å². The third kappa shape index (κ3) is 3.95. The van der Waals surface area contributed by atoms with Gasteiger partial charge in [-0.3, -0.25) is 10.1 Å². The number of imidazole rings is 1. The van der Waals surface area contributed by atoms with Crippen LogP contribution in [0.4, 0.5) is 11.4 Å². The van der Waals surface area contributed by atoms with Crippen LogP contribution in [0.5, 0.6) is 5.75 Å². The first kappa shape index (κ1) is 14.8. The highest BCUT2D eigenvalue weighted by Crippen LogP contribution is 2.30. The maximum absolute atomic E-state index is 10.9. The molecule has 0 saturated carbocycles. The second-order valence-electron chi connectivity index (χ2n) is 4.68. The number of nitro groups is 1. The lowest BCUT2D eigenvalue weighted by atomic mass is 10.2. The van der Waals surface area contributed by atoms with Crippen molar-refractivity contribution in [1.82, 2.24) is 9.55 Å². The Hall–Kier alpha value is -2.57. The first-order chi connectivity index (χ1) is 10.1. The number of hydrogen-bond acceptors (Lipinski definition) is 5. The number of rotatable bonds is 7. The van der Waals surface area contributed by atoms with E-state index in [4.69, 9.17) is 4.74 Å². The van der Waals surface area contributed by atoms with Gasteiger partial charge in [0.15, 0.2) is 5.75 Å². The molecule has 1 aromatic carbocycles. The van der Waals surface area contributed by atoms with E-state index < -0.39 is 4.92 Å². The average molecular weight is 290 g/mol. The van der Waals surface area contributed by atoms with Gasteiger partial charge in [0.25, 0.3) is 0 Å². The van der Waals surface area contributed by atoms with E-state index in [2.05, 4.69) is 10.3 Å². The maximum atomic E-state index is 10.9. The summed E-state index contributed by atoms with van der Waals surface area (Å²) in [5.74, 6) is 0.280. The fourth-order valence-corrected chi connectivity index (χ4v) is 2.07. The molecule has 0 aliphatic heterocycles. The second-order valence-corrected chi connectivity index (χ2v) is 4.68. The molecule has 0 aliphatic rings. The molecule has 0 saturated heterocycles. The van der Waals surface area contributed by atoms with Gasteiger partial charge in [0.2, 0.25) is 0 Å². The minimum Gasteiger partial charge on any atom is -0.487 e. The fourth-order valence-electron chi connectivity index (χ4n) is 2.07. The fraction of sp³-hybridized carbons (Fsp3) is 0.357. The van der Waals surface area contributed by atoms with Gasteiger partial charge in [0, 0.05) is 42.8 Å². The number of nitro benzene ring substituents is 1. The van der Waals surface area contributed by atoms with Gasteiger partial charge in [-0.1, -0.05) is 0 Å². The van der Waals surface area contributed by atoms with Crippen LogP contribution in [0.3, 0.4) is 0 Å². The number of ether oxygens (including phenoxy) is 1. The quantitative estimate of drug-likeness (QED) is 0.626. The van der Waals surface area contributed by atoms with E-state index in [0.717, 1.165) is 12.2 Å². The number of anilines is 1. The van der Waals surface area contributed by atoms with Gasteiger partial charge in [0.05, 0.1) is 17.9 Å². The van der Waals surface area contributed by atoms with E-state index in [1.807, 2.05) is 17.7 Å². The second kappa shape index (κ2) is 6.74. The zero-order valence-corrected chi connectivity index (χ0v) is 12.0. The molecule has 7 heteroatoms. The Morgan fingerprint density at radius 3 is 2.95 bits per heavy atom. The molecule has 2 rings (SSSR count). The first-order valence-electron chi connectivity index (χ1n) is 6.73. The molecule has 21 heavy (non-hydrogen) atoms. The van der Waals surface area contributed by atoms with Gasteiger partial charge in [0.1, 0.15) is 0 Å². The van der Waals surface area contributed by atoms with E-state index in [1.54, 1.807) is 31.6 Å². The standard InChI is InChI=1S/C14H18N4O3/c1-3-21-14-8-12(4-5-13(14)18(19)20)16-11(2)9-17-7-6-15-10-17/h4-8,10-11,16H,3,9H2,1-2H3. The van der Waals surface area contributed by atoms with Crippen molar-refractivity contribution in [2.45, 2.75) is 26.4 Å². The molecule has 1 heterocycles. The van der Waals surface area contributed by atoms with Crippen LogP contribution >= 0.6 is 0 Å². The first-order valence-corrected chi connectivity index (χ1v) is 6.73. The van der Waals surface area contributed by atoms with E-state index in [-0.39, 0.29) is 17.5 Å². The van der Waals surface area contributed by atoms with Crippen LogP contribution in [-0.4, -0.2) is 27.1 Å². The van der Waals surface area contributed by atoms with Crippen LogP contribution in [0.15, 0.2) is 36.9 Å². The molecule has 112 valence electrons. The van der Waals surface area contributed by atoms with Gasteiger partial charge in [-0.2, -0.15) is 0 Å². The average Bonchev–Trinajstić information content (AvgIpc) is 2.91. The molecule has 2 aromatic rings. The molecule has 1 unspecified atom stereocenters. The zero-order valence-electron chi connectivity index (χ0n) is 12.0. The Morgan fingerprint density at radius 2 is 2.33 bits per heavy atom. The topological polar surface area (TPSA) is 82.2 Å². The molecule has 0 fully saturated rings. The minimum absolute atomic E-state index is 0.0235. The molecule has 0 amide bonds. The predicted octanol–water partition coefficient (Wildman–Crippen LogP) is 2.69. The predicted molar refractivity (Wildman–Crippen MR) is 79.6 cm³/mol. The summed E-state index contributed by atoms with van der Waals surface area (Å²) >= 11 is 0. The summed E-state index contributed by atoms with van der Waals surface area (Å²) in [6, 6.07) is 4.95. The lowest BCUT2D eigenvalue weighted by Gasteiger charge is -2.16. The van der Waals surface area contributed by atoms with E-state index >= 15 is 0 Å². The number of nitrogens with zero attached hydrogens (tertiary/aromatic N) is 3. The van der Waals surface area contributed by atoms with Gasteiger partial charge in [-0.05, 0) is 19.9 Å². The molecule has 1 atom stereocenters. The van der Waals surface area contributed by atoms with Crippen LogP contribution in [0.2, 0.25) is 0 Å². The van der Waals surface area contributed by atoms with Crippen LogP contribution in [0, 0.1) is 10.1 Å². The third-order valence-electron chi connectivity index (χ3n) is 2.91. The number of aromatic nitrogens is 2. The SMILES string of the molecule is CCOc1cc(NC(C)Cn2ccnc2)ccc1[N+](=O)[O-]. The van der Waals surface area contributed by atoms with Gasteiger partial charge < -0.3 is 14.6 Å². The summed E-state index contributed by atoms with van der Waals surface area (Å²) in [7, 11) is 0. The maximum Gasteiger partial charge on any atom is 0.311 e. The Labute approximate surface area is 122 Å². The van der Waals surface area contributed by atoms with Crippen molar-refractivity contribution in [3.63, 3.8) is 0 Å². The highest BCUT2D eigenvalue weighted by molar-refractivity contribution is 5.58. The molecular weight excluding hydrogens is 272 g/mol. The summed E-state index contributed by atoms with van der Waals surface area (Å²) in [6.45, 7) is 4.96. The van der Waals surface area contributed by atoms with Gasteiger partial charge in [-0.25, -0.2) is 4.98 Å². The smallest absolute Gasteiger partial charge is 0.311 e. The Balaban J connectivity index is 2.09. The van der Waals surface area contributed by atoms with Gasteiger partial charge in [-0.15, -0.1) is 0 Å². The van der Waals surface area contributed by atoms with Crippen molar-refractivity contribution in [2.75, 3.05) is 11.9 Å². The van der Waals surface area contributed by atoms with E-state index in [9.17, 15) is 10.1 Å². The molecule has 0 spiro atoms. The molecule has 0 bridgehead atoms. The number of benzene rings is 1. The van der Waals surface area contributed by atoms with E-state index in [1.165, 1.54) is 6.07 Å². The summed E-state index contributed by atoms with van der Waals surface area (Å²) in [5, 5.41) is 14.2. The molecule has 0 aliphatic carbocycles. The monoisotopic (exact) mass is 290 g/mol. The van der Waals surface area contributed by atoms with Crippen LogP contribution in [-0.2, 0) is 6.54 Å². The number of hydrogen-bond donors (Lipinski definition) is 1. The van der Waals surface area contributed by atoms with Crippen LogP contribution in [0.25, 0.3) is 0 Å². The summed E-state index contributed by atoms with van der Waals surface area (Å²) < 4.78 is 7.29. The largest absolute Gasteiger partial charge is 0.487 e. The lowest BCUT2D eigenvalue weighted by molar-refractivity contribution is -0.385. The van der Waals surface area contributed by atoms with E-state index in [0.29, 0.717) is 6.61 Å². The zero-order chi connectivity index (χ0) is 15.2. The Kier molecular flexibility index (Phi) is 4.76. The van der Waals surface area contributed by atoms with Gasteiger partial charge >= 0.3 is 5.69 Å². The molecule has 7 nitrogen and oxygen atoms in total. The van der Waals surface area contributed by atoms with Crippen LogP contribution < -0.4 is 10.1 Å². The molecule has 0 radical (unpaired) electrons. The van der Waals surface area contributed by atoms with Crippen molar-refractivity contribution in [3.05, 3.63) is 47.0 Å². The highest BCUT2D eigenvalue weighted by atomic mass is 16.6. The highest BCUT2D eigenvalue weighted by Gasteiger charge is 2.16. The minimum atomic E-state index is -0.441. The molecule has 1 N–H and O–H groups in total. The van der Waals surface area contributed by atoms with Crippen molar-refractivity contribution in [3.8, 4) is 5.75 Å². The summed E-state index contributed by atoms with van der Waals surface area (Å²) in [5.41, 5.74) is 0.765.